The van der Waals surface area contributed by atoms with Crippen LogP contribution < -0.4 is 4.74 Å². The van der Waals surface area contributed by atoms with Crippen LogP contribution in [0.25, 0.3) is 0 Å². The summed E-state index contributed by atoms with van der Waals surface area (Å²) in [5, 5.41) is 9.59. The van der Waals surface area contributed by atoms with Gasteiger partial charge in [0, 0.05) is 0 Å². The number of halogens is 1. The van der Waals surface area contributed by atoms with E-state index in [1.165, 1.54) is 5.56 Å². The van der Waals surface area contributed by atoms with Gasteiger partial charge >= 0.3 is 0 Å². The third kappa shape index (κ3) is 3.05. The molecule has 0 aliphatic carbocycles. The standard InChI is InChI=1S/C17H19BrO2/c1-10-5-6-11(2)17(12(10)3)20-16-8-7-14(13(4)19)9-15(16)18/h5-9,13,19H,1-4H3. The van der Waals surface area contributed by atoms with E-state index in [-0.39, 0.29) is 0 Å². The van der Waals surface area contributed by atoms with E-state index in [1.807, 2.05) is 25.1 Å². The fourth-order valence-electron chi connectivity index (χ4n) is 2.05. The summed E-state index contributed by atoms with van der Waals surface area (Å²) in [5.41, 5.74) is 4.33. The number of benzene rings is 2. The molecule has 0 fully saturated rings. The van der Waals surface area contributed by atoms with E-state index < -0.39 is 6.10 Å². The predicted molar refractivity (Wildman–Crippen MR) is 85.5 cm³/mol. The van der Waals surface area contributed by atoms with Gasteiger partial charge in [-0.1, -0.05) is 18.2 Å². The molecule has 0 bridgehead atoms. The first kappa shape index (κ1) is 15.1. The van der Waals surface area contributed by atoms with Crippen molar-refractivity contribution in [2.75, 3.05) is 0 Å². The molecule has 20 heavy (non-hydrogen) atoms. The van der Waals surface area contributed by atoms with Crippen molar-refractivity contribution in [3.63, 3.8) is 0 Å². The average molecular weight is 335 g/mol. The summed E-state index contributed by atoms with van der Waals surface area (Å²) < 4.78 is 6.90. The molecule has 0 aliphatic rings. The number of aryl methyl sites for hydroxylation is 2. The summed E-state index contributed by atoms with van der Waals surface area (Å²) in [7, 11) is 0. The second kappa shape index (κ2) is 5.98. The van der Waals surface area contributed by atoms with E-state index in [9.17, 15) is 5.11 Å². The van der Waals surface area contributed by atoms with Crippen molar-refractivity contribution in [1.29, 1.82) is 0 Å². The lowest BCUT2D eigenvalue weighted by Gasteiger charge is -2.15. The van der Waals surface area contributed by atoms with Crippen molar-refractivity contribution in [2.45, 2.75) is 33.8 Å². The van der Waals surface area contributed by atoms with Crippen molar-refractivity contribution < 1.29 is 9.84 Å². The van der Waals surface area contributed by atoms with Gasteiger partial charge in [-0.25, -0.2) is 0 Å². The van der Waals surface area contributed by atoms with Gasteiger partial charge in [0.25, 0.3) is 0 Å². The zero-order chi connectivity index (χ0) is 14.9. The maximum Gasteiger partial charge on any atom is 0.141 e. The fourth-order valence-corrected chi connectivity index (χ4v) is 2.53. The highest BCUT2D eigenvalue weighted by atomic mass is 79.9. The SMILES string of the molecule is Cc1ccc(C)c(Oc2ccc(C(C)O)cc2Br)c1C. The van der Waals surface area contributed by atoms with Crippen LogP contribution in [-0.2, 0) is 0 Å². The lowest BCUT2D eigenvalue weighted by atomic mass is 10.1. The molecule has 0 heterocycles. The summed E-state index contributed by atoms with van der Waals surface area (Å²) in [6, 6.07) is 9.82. The molecule has 0 saturated heterocycles. The number of rotatable bonds is 3. The van der Waals surface area contributed by atoms with Crippen LogP contribution >= 0.6 is 15.9 Å². The van der Waals surface area contributed by atoms with Crippen molar-refractivity contribution in [3.8, 4) is 11.5 Å². The topological polar surface area (TPSA) is 29.5 Å². The maximum absolute atomic E-state index is 9.59. The largest absolute Gasteiger partial charge is 0.456 e. The molecule has 0 saturated carbocycles. The molecule has 2 aromatic rings. The number of hydrogen-bond acceptors (Lipinski definition) is 2. The Hall–Kier alpha value is -1.32. The Labute approximate surface area is 128 Å². The highest BCUT2D eigenvalue weighted by molar-refractivity contribution is 9.10. The smallest absolute Gasteiger partial charge is 0.141 e. The molecule has 1 N–H and O–H groups in total. The molecule has 0 spiro atoms. The molecule has 3 heteroatoms. The number of hydrogen-bond donors (Lipinski definition) is 1. The Balaban J connectivity index is 2.38. The molecule has 106 valence electrons. The number of aliphatic hydroxyl groups excluding tert-OH is 1. The van der Waals surface area contributed by atoms with Crippen LogP contribution in [0.5, 0.6) is 11.5 Å². The predicted octanol–water partition coefficient (Wildman–Crippen LogP) is 5.22. The Bertz CT molecular complexity index is 633. The average Bonchev–Trinajstić information content (AvgIpc) is 2.40. The van der Waals surface area contributed by atoms with Gasteiger partial charge in [0.15, 0.2) is 0 Å². The van der Waals surface area contributed by atoms with Gasteiger partial charge in [0.1, 0.15) is 11.5 Å². The highest BCUT2D eigenvalue weighted by Crippen LogP contribution is 2.35. The summed E-state index contributed by atoms with van der Waals surface area (Å²) in [6.07, 6.45) is -0.484. The molecule has 0 aliphatic heterocycles. The lowest BCUT2D eigenvalue weighted by Crippen LogP contribution is -1.96. The van der Waals surface area contributed by atoms with Crippen LogP contribution in [-0.4, -0.2) is 5.11 Å². The zero-order valence-electron chi connectivity index (χ0n) is 12.2. The fraction of sp³-hybridized carbons (Fsp3) is 0.294. The van der Waals surface area contributed by atoms with Gasteiger partial charge in [-0.2, -0.15) is 0 Å². The van der Waals surface area contributed by atoms with Gasteiger partial charge < -0.3 is 9.84 Å². The molecule has 0 aromatic heterocycles. The second-order valence-corrected chi connectivity index (χ2v) is 5.98. The number of ether oxygens (including phenoxy) is 1. The molecule has 1 atom stereocenters. The Morgan fingerprint density at radius 3 is 2.30 bits per heavy atom. The molecule has 2 rings (SSSR count). The van der Waals surface area contributed by atoms with Crippen molar-refractivity contribution in [1.82, 2.24) is 0 Å². The Morgan fingerprint density at radius 2 is 1.70 bits per heavy atom. The van der Waals surface area contributed by atoms with Gasteiger partial charge in [-0.15, -0.1) is 0 Å². The summed E-state index contributed by atoms with van der Waals surface area (Å²) in [6.45, 7) is 7.93. The van der Waals surface area contributed by atoms with Crippen LogP contribution in [0.3, 0.4) is 0 Å². The maximum atomic E-state index is 9.59. The second-order valence-electron chi connectivity index (χ2n) is 5.12. The first-order valence-electron chi connectivity index (χ1n) is 6.62. The third-order valence-corrected chi connectivity index (χ3v) is 4.14. The molecular formula is C17H19BrO2. The van der Waals surface area contributed by atoms with Gasteiger partial charge in [-0.3, -0.25) is 0 Å². The summed E-state index contributed by atoms with van der Waals surface area (Å²) in [4.78, 5) is 0. The molecule has 2 nitrogen and oxygen atoms in total. The lowest BCUT2D eigenvalue weighted by molar-refractivity contribution is 0.199. The van der Waals surface area contributed by atoms with E-state index in [2.05, 4.69) is 41.9 Å². The zero-order valence-corrected chi connectivity index (χ0v) is 13.8. The van der Waals surface area contributed by atoms with E-state index in [1.54, 1.807) is 6.92 Å². The van der Waals surface area contributed by atoms with E-state index in [4.69, 9.17) is 4.74 Å². The van der Waals surface area contributed by atoms with Gasteiger partial charge in [0.05, 0.1) is 10.6 Å². The van der Waals surface area contributed by atoms with Crippen molar-refractivity contribution in [3.05, 3.63) is 57.1 Å². The molecule has 1 unspecified atom stereocenters. The third-order valence-electron chi connectivity index (χ3n) is 3.52. The summed E-state index contributed by atoms with van der Waals surface area (Å²) >= 11 is 3.50. The van der Waals surface area contributed by atoms with Gasteiger partial charge in [-0.05, 0) is 78.0 Å². The first-order valence-corrected chi connectivity index (χ1v) is 7.41. The van der Waals surface area contributed by atoms with E-state index in [0.29, 0.717) is 0 Å². The minimum atomic E-state index is -0.484. The Morgan fingerprint density at radius 1 is 1.05 bits per heavy atom. The normalized spacial score (nSPS) is 12.3. The van der Waals surface area contributed by atoms with Crippen LogP contribution in [0, 0.1) is 20.8 Å². The minimum Gasteiger partial charge on any atom is -0.456 e. The highest BCUT2D eigenvalue weighted by Gasteiger charge is 2.11. The summed E-state index contributed by atoms with van der Waals surface area (Å²) in [5.74, 6) is 1.65. The van der Waals surface area contributed by atoms with Crippen molar-refractivity contribution in [2.24, 2.45) is 0 Å². The van der Waals surface area contributed by atoms with E-state index >= 15 is 0 Å². The molecule has 0 amide bonds. The number of aliphatic hydroxyl groups is 1. The van der Waals surface area contributed by atoms with Gasteiger partial charge in [0.2, 0.25) is 0 Å². The van der Waals surface area contributed by atoms with Crippen LogP contribution in [0.1, 0.15) is 35.3 Å². The van der Waals surface area contributed by atoms with E-state index in [0.717, 1.165) is 32.7 Å². The van der Waals surface area contributed by atoms with Crippen LogP contribution in [0.15, 0.2) is 34.8 Å². The van der Waals surface area contributed by atoms with Crippen molar-refractivity contribution >= 4 is 15.9 Å². The quantitative estimate of drug-likeness (QED) is 0.833. The van der Waals surface area contributed by atoms with Crippen LogP contribution in [0.4, 0.5) is 0 Å². The minimum absolute atomic E-state index is 0.484. The monoisotopic (exact) mass is 334 g/mol. The molecule has 0 radical (unpaired) electrons. The Kier molecular flexibility index (Phi) is 4.51. The first-order chi connectivity index (χ1) is 9.40. The molecular weight excluding hydrogens is 316 g/mol. The molecule has 2 aromatic carbocycles. The van der Waals surface area contributed by atoms with Crippen LogP contribution in [0.2, 0.25) is 0 Å².